The van der Waals surface area contributed by atoms with Gasteiger partial charge in [0, 0.05) is 5.56 Å². The summed E-state index contributed by atoms with van der Waals surface area (Å²) in [5, 5.41) is 0. The topological polar surface area (TPSA) is 76.8 Å². The van der Waals surface area contributed by atoms with Gasteiger partial charge in [-0.1, -0.05) is 0 Å². The van der Waals surface area contributed by atoms with Crippen molar-refractivity contribution in [2.45, 2.75) is 6.36 Å². The van der Waals surface area contributed by atoms with Crippen LogP contribution in [0.3, 0.4) is 0 Å². The second-order valence-corrected chi connectivity index (χ2v) is 3.80. The first kappa shape index (κ1) is 13.3. The SMILES string of the molecule is Nc1nc(=S)nc(-c2ccc(OC(F)(F)F)cc2)[nH]1. The fourth-order valence-electron chi connectivity index (χ4n) is 1.35. The highest BCUT2D eigenvalue weighted by atomic mass is 32.1. The van der Waals surface area contributed by atoms with Crippen molar-refractivity contribution >= 4 is 18.2 Å². The Labute approximate surface area is 110 Å². The summed E-state index contributed by atoms with van der Waals surface area (Å²) in [6, 6.07) is 5.12. The van der Waals surface area contributed by atoms with E-state index in [9.17, 15) is 13.2 Å². The molecule has 0 aliphatic rings. The highest BCUT2D eigenvalue weighted by Crippen LogP contribution is 2.25. The smallest absolute Gasteiger partial charge is 0.406 e. The van der Waals surface area contributed by atoms with Crippen molar-refractivity contribution in [1.82, 2.24) is 15.0 Å². The van der Waals surface area contributed by atoms with Crippen LogP contribution in [0.15, 0.2) is 24.3 Å². The first-order valence-electron chi connectivity index (χ1n) is 4.93. The van der Waals surface area contributed by atoms with Crippen LogP contribution in [0.1, 0.15) is 0 Å². The predicted octanol–water partition coefficient (Wildman–Crippen LogP) is 2.68. The zero-order chi connectivity index (χ0) is 14.0. The molecule has 0 radical (unpaired) electrons. The minimum Gasteiger partial charge on any atom is -0.406 e. The van der Waals surface area contributed by atoms with E-state index in [-0.39, 0.29) is 16.5 Å². The molecule has 3 N–H and O–H groups in total. The number of alkyl halides is 3. The summed E-state index contributed by atoms with van der Waals surface area (Å²) in [4.78, 5) is 10.2. The first-order valence-corrected chi connectivity index (χ1v) is 5.34. The van der Waals surface area contributed by atoms with Gasteiger partial charge in [-0.25, -0.2) is 4.98 Å². The average Bonchev–Trinajstić information content (AvgIpc) is 2.26. The van der Waals surface area contributed by atoms with Gasteiger partial charge in [-0.2, -0.15) is 4.98 Å². The molecule has 0 unspecified atom stereocenters. The summed E-state index contributed by atoms with van der Waals surface area (Å²) < 4.78 is 39.8. The minimum atomic E-state index is -4.72. The lowest BCUT2D eigenvalue weighted by Gasteiger charge is -2.09. The number of H-pyrrole nitrogens is 1. The molecular weight excluding hydrogens is 281 g/mol. The van der Waals surface area contributed by atoms with Crippen molar-refractivity contribution in [2.24, 2.45) is 0 Å². The third-order valence-electron chi connectivity index (χ3n) is 2.03. The largest absolute Gasteiger partial charge is 0.573 e. The van der Waals surface area contributed by atoms with E-state index >= 15 is 0 Å². The van der Waals surface area contributed by atoms with Gasteiger partial charge in [0.25, 0.3) is 0 Å². The molecule has 0 saturated heterocycles. The number of aromatic amines is 1. The van der Waals surface area contributed by atoms with Crippen LogP contribution >= 0.6 is 12.2 Å². The molecule has 0 bridgehead atoms. The van der Waals surface area contributed by atoms with Crippen molar-refractivity contribution < 1.29 is 17.9 Å². The molecule has 1 heterocycles. The number of hydrogen-bond donors (Lipinski definition) is 2. The van der Waals surface area contributed by atoms with E-state index in [0.29, 0.717) is 11.4 Å². The average molecular weight is 288 g/mol. The third-order valence-corrected chi connectivity index (χ3v) is 2.21. The fourth-order valence-corrected chi connectivity index (χ4v) is 1.54. The zero-order valence-electron chi connectivity index (χ0n) is 9.23. The number of nitrogens with zero attached hydrogens (tertiary/aromatic N) is 2. The Morgan fingerprint density at radius 1 is 1.16 bits per heavy atom. The molecule has 0 fully saturated rings. The quantitative estimate of drug-likeness (QED) is 0.831. The van der Waals surface area contributed by atoms with E-state index in [1.165, 1.54) is 12.1 Å². The lowest BCUT2D eigenvalue weighted by Crippen LogP contribution is -2.16. The van der Waals surface area contributed by atoms with Crippen LogP contribution in [0.25, 0.3) is 11.4 Å². The number of ether oxygens (including phenoxy) is 1. The van der Waals surface area contributed by atoms with Crippen LogP contribution in [0.4, 0.5) is 19.1 Å². The number of halogens is 3. The second-order valence-electron chi connectivity index (χ2n) is 3.44. The van der Waals surface area contributed by atoms with Gasteiger partial charge in [0.15, 0.2) is 0 Å². The van der Waals surface area contributed by atoms with Gasteiger partial charge in [0.05, 0.1) is 0 Å². The van der Waals surface area contributed by atoms with Gasteiger partial charge in [-0.05, 0) is 36.5 Å². The van der Waals surface area contributed by atoms with Gasteiger partial charge in [0.2, 0.25) is 10.7 Å². The Morgan fingerprint density at radius 3 is 2.32 bits per heavy atom. The molecule has 0 amide bonds. The highest BCUT2D eigenvalue weighted by molar-refractivity contribution is 7.71. The number of nitrogen functional groups attached to an aromatic ring is 1. The van der Waals surface area contributed by atoms with Crippen LogP contribution in [0.2, 0.25) is 0 Å². The number of nitrogens with one attached hydrogen (secondary N) is 1. The molecule has 2 rings (SSSR count). The lowest BCUT2D eigenvalue weighted by atomic mass is 10.2. The van der Waals surface area contributed by atoms with Gasteiger partial charge in [-0.15, -0.1) is 13.2 Å². The van der Waals surface area contributed by atoms with E-state index < -0.39 is 6.36 Å². The minimum absolute atomic E-state index is 0.0434. The maximum atomic E-state index is 12.0. The summed E-state index contributed by atoms with van der Waals surface area (Å²) in [7, 11) is 0. The highest BCUT2D eigenvalue weighted by Gasteiger charge is 2.30. The number of nitrogens with two attached hydrogens (primary N) is 1. The normalized spacial score (nSPS) is 11.3. The van der Waals surface area contributed by atoms with Crippen molar-refractivity contribution in [3.8, 4) is 17.1 Å². The van der Waals surface area contributed by atoms with Crippen molar-refractivity contribution in [3.63, 3.8) is 0 Å². The van der Waals surface area contributed by atoms with Gasteiger partial charge < -0.3 is 15.5 Å². The number of benzene rings is 1. The van der Waals surface area contributed by atoms with E-state index in [2.05, 4.69) is 19.7 Å². The van der Waals surface area contributed by atoms with Crippen LogP contribution in [0.5, 0.6) is 5.75 Å². The summed E-state index contributed by atoms with van der Waals surface area (Å²) in [6.45, 7) is 0. The fraction of sp³-hybridized carbons (Fsp3) is 0.100. The van der Waals surface area contributed by atoms with Gasteiger partial charge in [0.1, 0.15) is 11.6 Å². The number of rotatable bonds is 2. The molecule has 19 heavy (non-hydrogen) atoms. The summed E-state index contributed by atoms with van der Waals surface area (Å²) in [5.74, 6) is 0.0681. The maximum absolute atomic E-state index is 12.0. The molecule has 0 aliphatic carbocycles. The summed E-state index contributed by atoms with van der Waals surface area (Å²) >= 11 is 4.79. The van der Waals surface area contributed by atoms with Crippen LogP contribution in [-0.2, 0) is 0 Å². The van der Waals surface area contributed by atoms with Crippen LogP contribution in [0, 0.1) is 4.77 Å². The maximum Gasteiger partial charge on any atom is 0.573 e. The molecule has 100 valence electrons. The molecule has 0 spiro atoms. The lowest BCUT2D eigenvalue weighted by molar-refractivity contribution is -0.274. The van der Waals surface area contributed by atoms with Crippen molar-refractivity contribution in [1.29, 1.82) is 0 Å². The van der Waals surface area contributed by atoms with Crippen LogP contribution < -0.4 is 10.5 Å². The Bertz CT molecular complexity index is 638. The van der Waals surface area contributed by atoms with Crippen molar-refractivity contribution in [2.75, 3.05) is 5.73 Å². The van der Waals surface area contributed by atoms with E-state index in [1.54, 1.807) is 0 Å². The molecule has 1 aromatic heterocycles. The number of anilines is 1. The van der Waals surface area contributed by atoms with E-state index in [1.807, 2.05) is 0 Å². The summed E-state index contributed by atoms with van der Waals surface area (Å²) in [6.07, 6.45) is -4.72. The van der Waals surface area contributed by atoms with Crippen LogP contribution in [-0.4, -0.2) is 21.3 Å². The molecule has 0 aliphatic heterocycles. The van der Waals surface area contributed by atoms with Gasteiger partial charge in [-0.3, -0.25) is 0 Å². The zero-order valence-corrected chi connectivity index (χ0v) is 10.0. The second kappa shape index (κ2) is 4.84. The molecular formula is C10H7F3N4OS. The number of aromatic nitrogens is 3. The molecule has 0 atom stereocenters. The van der Waals surface area contributed by atoms with E-state index in [0.717, 1.165) is 12.1 Å². The molecule has 2 aromatic rings. The Kier molecular flexibility index (Phi) is 3.38. The summed E-state index contributed by atoms with van der Waals surface area (Å²) in [5.41, 5.74) is 5.97. The number of hydrogen-bond acceptors (Lipinski definition) is 5. The monoisotopic (exact) mass is 288 g/mol. The van der Waals surface area contributed by atoms with Crippen molar-refractivity contribution in [3.05, 3.63) is 29.0 Å². The third kappa shape index (κ3) is 3.65. The predicted molar refractivity (Wildman–Crippen MR) is 63.7 cm³/mol. The molecule has 5 nitrogen and oxygen atoms in total. The Morgan fingerprint density at radius 2 is 1.79 bits per heavy atom. The van der Waals surface area contributed by atoms with E-state index in [4.69, 9.17) is 18.0 Å². The van der Waals surface area contributed by atoms with Gasteiger partial charge >= 0.3 is 6.36 Å². The molecule has 9 heteroatoms. The Balaban J connectivity index is 2.30. The standard InChI is InChI=1S/C10H7F3N4OS/c11-10(12,13)18-6-3-1-5(2-4-6)7-15-8(14)17-9(19)16-7/h1-4H,(H3,14,15,16,17,19). The first-order chi connectivity index (χ1) is 8.83. The Hall–Kier alpha value is -2.16. The molecule has 1 aromatic carbocycles. The molecule has 0 saturated carbocycles.